The van der Waals surface area contributed by atoms with Gasteiger partial charge in [-0.25, -0.2) is 20.5 Å². The van der Waals surface area contributed by atoms with Gasteiger partial charge in [0.25, 0.3) is 0 Å². The lowest BCUT2D eigenvalue weighted by Gasteiger charge is -2.12. The Hall–Kier alpha value is -3.06. The average Bonchev–Trinajstić information content (AvgIpc) is 3.11. The predicted molar refractivity (Wildman–Crippen MR) is 201 cm³/mol. The van der Waals surface area contributed by atoms with Crippen LogP contribution >= 0.6 is 0 Å². The van der Waals surface area contributed by atoms with Gasteiger partial charge >= 0.3 is 11.9 Å². The largest absolute Gasteiger partial charge is 0.348 e. The molecule has 0 heterocycles. The van der Waals surface area contributed by atoms with Crippen LogP contribution in [0.1, 0.15) is 166 Å². The first-order valence-electron chi connectivity index (χ1n) is 19.4. The number of nitrogens with one attached hydrogen (secondary N) is 2. The Bertz CT molecular complexity index is 1070. The van der Waals surface area contributed by atoms with Crippen LogP contribution in [0.2, 0.25) is 0 Å². The topological polar surface area (TPSA) is 103 Å². The van der Waals surface area contributed by atoms with E-state index in [1.54, 1.807) is 0 Å². The molecule has 270 valence electrons. The standard InChI is InChI=1S/C41H67N3O4/c1-3-5-7-9-11-13-15-17-19-21-23-35-25-29-37(30-26-35)43-47-40(45)34-33-39(42)41(46)48-44-38-31-27-36(28-32-38)24-22-20-18-16-14-12-10-8-6-4-2/h25-32,39,43-44H,3-24,33-34,42H2,1-2H3/t39-/m0/s1. The summed E-state index contributed by atoms with van der Waals surface area (Å²) in [5, 5.41) is 0. The van der Waals surface area contributed by atoms with Crippen molar-refractivity contribution >= 4 is 23.3 Å². The summed E-state index contributed by atoms with van der Waals surface area (Å²) < 4.78 is 0. The molecule has 0 amide bonds. The second kappa shape index (κ2) is 27.8. The van der Waals surface area contributed by atoms with Crippen molar-refractivity contribution < 1.29 is 19.3 Å². The lowest BCUT2D eigenvalue weighted by atomic mass is 10.0. The summed E-state index contributed by atoms with van der Waals surface area (Å²) in [6.07, 6.45) is 28.9. The minimum atomic E-state index is -0.939. The van der Waals surface area contributed by atoms with Gasteiger partial charge in [0.1, 0.15) is 6.04 Å². The Kier molecular flexibility index (Phi) is 23.9. The molecule has 7 heteroatoms. The Morgan fingerprint density at radius 2 is 0.896 bits per heavy atom. The van der Waals surface area contributed by atoms with Crippen LogP contribution < -0.4 is 16.7 Å². The maximum Gasteiger partial charge on any atom is 0.348 e. The molecule has 0 saturated heterocycles. The molecule has 2 rings (SSSR count). The van der Waals surface area contributed by atoms with E-state index in [0.717, 1.165) is 12.8 Å². The van der Waals surface area contributed by atoms with E-state index < -0.39 is 18.0 Å². The number of rotatable bonds is 30. The number of nitrogens with two attached hydrogens (primary N) is 1. The zero-order valence-electron chi connectivity index (χ0n) is 30.4. The number of hydrogen-bond acceptors (Lipinski definition) is 7. The van der Waals surface area contributed by atoms with Gasteiger partial charge in [0.15, 0.2) is 0 Å². The molecule has 0 spiro atoms. The van der Waals surface area contributed by atoms with Gasteiger partial charge in [0.05, 0.1) is 11.4 Å². The van der Waals surface area contributed by atoms with Crippen molar-refractivity contribution in [1.29, 1.82) is 0 Å². The molecule has 1 atom stereocenters. The molecule has 48 heavy (non-hydrogen) atoms. The molecule has 2 aromatic carbocycles. The van der Waals surface area contributed by atoms with E-state index in [2.05, 4.69) is 49.1 Å². The first-order valence-corrected chi connectivity index (χ1v) is 19.4. The summed E-state index contributed by atoms with van der Waals surface area (Å²) in [5.41, 5.74) is 15.3. The van der Waals surface area contributed by atoms with E-state index in [1.165, 1.54) is 140 Å². The van der Waals surface area contributed by atoms with E-state index in [4.69, 9.17) is 15.4 Å². The number of aryl methyl sites for hydroxylation is 2. The van der Waals surface area contributed by atoms with Crippen molar-refractivity contribution in [3.05, 3.63) is 59.7 Å². The van der Waals surface area contributed by atoms with Crippen molar-refractivity contribution in [1.82, 2.24) is 0 Å². The van der Waals surface area contributed by atoms with Crippen LogP contribution in [0.5, 0.6) is 0 Å². The third kappa shape index (κ3) is 21.0. The second-order valence-electron chi connectivity index (χ2n) is 13.5. The molecule has 2 aromatic rings. The number of carbonyl (C=O) groups is 2. The first-order chi connectivity index (χ1) is 23.5. The van der Waals surface area contributed by atoms with Gasteiger partial charge < -0.3 is 15.4 Å². The fourth-order valence-electron chi connectivity index (χ4n) is 5.86. The fourth-order valence-corrected chi connectivity index (χ4v) is 5.86. The van der Waals surface area contributed by atoms with Crippen molar-refractivity contribution in [2.75, 3.05) is 11.0 Å². The number of carbonyl (C=O) groups excluding carboxylic acids is 2. The van der Waals surface area contributed by atoms with Gasteiger partial charge in [-0.2, -0.15) is 0 Å². The SMILES string of the molecule is CCCCCCCCCCCCc1ccc(NOC(=O)CC[C@H](N)C(=O)ONc2ccc(CCCCCCCCCCCC)cc2)cc1. The van der Waals surface area contributed by atoms with Gasteiger partial charge in [-0.15, -0.1) is 0 Å². The Morgan fingerprint density at radius 1 is 0.542 bits per heavy atom. The Balaban J connectivity index is 1.49. The molecule has 0 aliphatic heterocycles. The maximum atomic E-state index is 12.3. The molecule has 0 aliphatic carbocycles. The highest BCUT2D eigenvalue weighted by Gasteiger charge is 2.18. The molecule has 0 radical (unpaired) electrons. The normalized spacial score (nSPS) is 11.6. The van der Waals surface area contributed by atoms with Gasteiger partial charge in [-0.1, -0.05) is 154 Å². The second-order valence-corrected chi connectivity index (χ2v) is 13.5. The van der Waals surface area contributed by atoms with Crippen molar-refractivity contribution in [2.24, 2.45) is 5.73 Å². The van der Waals surface area contributed by atoms with E-state index in [1.807, 2.05) is 24.3 Å². The zero-order valence-corrected chi connectivity index (χ0v) is 30.4. The molecule has 0 aliphatic rings. The summed E-state index contributed by atoms with van der Waals surface area (Å²) in [5.74, 6) is -1.11. The third-order valence-electron chi connectivity index (χ3n) is 9.06. The molecule has 0 unspecified atom stereocenters. The van der Waals surface area contributed by atoms with E-state index in [9.17, 15) is 9.59 Å². The number of hydrogen-bond donors (Lipinski definition) is 3. The molecule has 0 bridgehead atoms. The van der Waals surface area contributed by atoms with E-state index in [-0.39, 0.29) is 12.8 Å². The summed E-state index contributed by atoms with van der Waals surface area (Å²) in [7, 11) is 0. The molecule has 4 N–H and O–H groups in total. The first kappa shape index (κ1) is 41.1. The minimum Gasteiger partial charge on any atom is -0.343 e. The molecular formula is C41H67N3O4. The van der Waals surface area contributed by atoms with Gasteiger partial charge in [-0.3, -0.25) is 0 Å². The van der Waals surface area contributed by atoms with Gasteiger partial charge in [0.2, 0.25) is 0 Å². The van der Waals surface area contributed by atoms with Crippen LogP contribution in [0.15, 0.2) is 48.5 Å². The highest BCUT2D eigenvalue weighted by molar-refractivity contribution is 5.78. The van der Waals surface area contributed by atoms with Crippen LogP contribution in [0, 0.1) is 0 Å². The van der Waals surface area contributed by atoms with E-state index >= 15 is 0 Å². The summed E-state index contributed by atoms with van der Waals surface area (Å²) in [6, 6.07) is 14.9. The fraction of sp³-hybridized carbons (Fsp3) is 0.659. The van der Waals surface area contributed by atoms with Crippen LogP contribution in [0.3, 0.4) is 0 Å². The van der Waals surface area contributed by atoms with Crippen LogP contribution in [-0.4, -0.2) is 18.0 Å². The van der Waals surface area contributed by atoms with Crippen LogP contribution in [0.25, 0.3) is 0 Å². The van der Waals surface area contributed by atoms with Crippen molar-refractivity contribution in [3.63, 3.8) is 0 Å². The smallest absolute Gasteiger partial charge is 0.343 e. The molecule has 0 saturated carbocycles. The van der Waals surface area contributed by atoms with Gasteiger partial charge in [-0.05, 0) is 67.5 Å². The lowest BCUT2D eigenvalue weighted by Crippen LogP contribution is -2.34. The zero-order chi connectivity index (χ0) is 34.5. The van der Waals surface area contributed by atoms with Crippen molar-refractivity contribution in [2.45, 2.75) is 174 Å². The molecule has 0 fully saturated rings. The minimum absolute atomic E-state index is 0.00620. The Morgan fingerprint density at radius 3 is 1.29 bits per heavy atom. The Labute approximate surface area is 292 Å². The summed E-state index contributed by atoms with van der Waals surface area (Å²) in [6.45, 7) is 4.52. The van der Waals surface area contributed by atoms with Crippen LogP contribution in [0.4, 0.5) is 11.4 Å². The maximum absolute atomic E-state index is 12.3. The highest BCUT2D eigenvalue weighted by atomic mass is 16.7. The average molecular weight is 666 g/mol. The highest BCUT2D eigenvalue weighted by Crippen LogP contribution is 2.17. The third-order valence-corrected chi connectivity index (χ3v) is 9.06. The van der Waals surface area contributed by atoms with Gasteiger partial charge in [0, 0.05) is 6.42 Å². The number of benzene rings is 2. The molecule has 0 aromatic heterocycles. The number of unbranched alkanes of at least 4 members (excludes halogenated alkanes) is 18. The lowest BCUT2D eigenvalue weighted by molar-refractivity contribution is -0.143. The quantitative estimate of drug-likeness (QED) is 0.0563. The number of anilines is 2. The monoisotopic (exact) mass is 666 g/mol. The molecule has 7 nitrogen and oxygen atoms in total. The molecular weight excluding hydrogens is 598 g/mol. The van der Waals surface area contributed by atoms with Crippen molar-refractivity contribution in [3.8, 4) is 0 Å². The van der Waals surface area contributed by atoms with Crippen LogP contribution in [-0.2, 0) is 32.1 Å². The summed E-state index contributed by atoms with van der Waals surface area (Å²) in [4.78, 5) is 34.9. The summed E-state index contributed by atoms with van der Waals surface area (Å²) >= 11 is 0. The predicted octanol–water partition coefficient (Wildman–Crippen LogP) is 11.2. The van der Waals surface area contributed by atoms with E-state index in [0.29, 0.717) is 11.4 Å².